The summed E-state index contributed by atoms with van der Waals surface area (Å²) in [5.41, 5.74) is 3.58. The van der Waals surface area contributed by atoms with Crippen LogP contribution in [0, 0.1) is 0 Å². The number of nitrogens with zero attached hydrogens (tertiary/aromatic N) is 3. The van der Waals surface area contributed by atoms with Crippen LogP contribution in [-0.4, -0.2) is 27.5 Å². The van der Waals surface area contributed by atoms with Gasteiger partial charge in [0.25, 0.3) is 0 Å². The molecule has 7 heteroatoms. The number of hydrogen-bond acceptors (Lipinski definition) is 3. The zero-order valence-corrected chi connectivity index (χ0v) is 17.8. The second kappa shape index (κ2) is 9.20. The summed E-state index contributed by atoms with van der Waals surface area (Å²) in [6.07, 6.45) is 2.62. The van der Waals surface area contributed by atoms with E-state index in [1.54, 1.807) is 14.0 Å². The SMILES string of the molecule is CCCn1c(=O)n(CCC(=O)NCc2ccc(N3CCCC3=O)cc2)c2ccccc21. The van der Waals surface area contributed by atoms with Crippen LogP contribution in [0.1, 0.15) is 38.2 Å². The van der Waals surface area contributed by atoms with Gasteiger partial charge in [-0.3, -0.25) is 18.7 Å². The lowest BCUT2D eigenvalue weighted by Crippen LogP contribution is -2.28. The van der Waals surface area contributed by atoms with E-state index < -0.39 is 0 Å². The molecule has 2 heterocycles. The molecule has 162 valence electrons. The maximum Gasteiger partial charge on any atom is 0.329 e. The number of fused-ring (bicyclic) bond motifs is 1. The van der Waals surface area contributed by atoms with Gasteiger partial charge in [0, 0.05) is 44.7 Å². The molecule has 1 fully saturated rings. The molecule has 31 heavy (non-hydrogen) atoms. The van der Waals surface area contributed by atoms with Crippen molar-refractivity contribution in [2.45, 2.75) is 52.2 Å². The smallest absolute Gasteiger partial charge is 0.329 e. The van der Waals surface area contributed by atoms with Crippen molar-refractivity contribution in [1.82, 2.24) is 14.5 Å². The van der Waals surface area contributed by atoms with Crippen molar-refractivity contribution in [2.75, 3.05) is 11.4 Å². The van der Waals surface area contributed by atoms with Crippen LogP contribution in [0.4, 0.5) is 5.69 Å². The molecule has 1 saturated heterocycles. The molecular formula is C24H28N4O3. The number of amides is 2. The Morgan fingerprint density at radius 3 is 2.26 bits per heavy atom. The number of anilines is 1. The summed E-state index contributed by atoms with van der Waals surface area (Å²) in [5.74, 6) is 0.0645. The third kappa shape index (κ3) is 4.40. The Hall–Kier alpha value is -3.35. The third-order valence-electron chi connectivity index (χ3n) is 5.75. The topological polar surface area (TPSA) is 76.3 Å². The Balaban J connectivity index is 1.35. The highest BCUT2D eigenvalue weighted by Crippen LogP contribution is 2.21. The summed E-state index contributed by atoms with van der Waals surface area (Å²) in [4.78, 5) is 38.9. The highest BCUT2D eigenvalue weighted by Gasteiger charge is 2.21. The van der Waals surface area contributed by atoms with Gasteiger partial charge in [-0.2, -0.15) is 0 Å². The molecule has 7 nitrogen and oxygen atoms in total. The number of nitrogens with one attached hydrogen (secondary N) is 1. The Bertz CT molecular complexity index is 1140. The van der Waals surface area contributed by atoms with Gasteiger partial charge in [-0.1, -0.05) is 31.2 Å². The number of aryl methyl sites for hydroxylation is 2. The van der Waals surface area contributed by atoms with Crippen molar-refractivity contribution in [3.63, 3.8) is 0 Å². The largest absolute Gasteiger partial charge is 0.352 e. The maximum atomic E-state index is 12.8. The van der Waals surface area contributed by atoms with Crippen molar-refractivity contribution in [2.24, 2.45) is 0 Å². The summed E-state index contributed by atoms with van der Waals surface area (Å²) in [5, 5.41) is 2.92. The molecule has 2 amide bonds. The Morgan fingerprint density at radius 2 is 1.65 bits per heavy atom. The van der Waals surface area contributed by atoms with Gasteiger partial charge in [0.15, 0.2) is 0 Å². The molecule has 1 aliphatic rings. The van der Waals surface area contributed by atoms with Crippen molar-refractivity contribution in [3.05, 3.63) is 64.6 Å². The van der Waals surface area contributed by atoms with Crippen LogP contribution >= 0.6 is 0 Å². The van der Waals surface area contributed by atoms with Gasteiger partial charge in [-0.15, -0.1) is 0 Å². The van der Waals surface area contributed by atoms with Crippen LogP contribution in [-0.2, 0) is 29.2 Å². The lowest BCUT2D eigenvalue weighted by atomic mass is 10.2. The van der Waals surface area contributed by atoms with E-state index in [-0.39, 0.29) is 23.9 Å². The number of imidazole rings is 1. The van der Waals surface area contributed by atoms with E-state index in [1.165, 1.54) is 0 Å². The number of para-hydroxylation sites is 2. The monoisotopic (exact) mass is 420 g/mol. The molecular weight excluding hydrogens is 392 g/mol. The molecule has 0 radical (unpaired) electrons. The summed E-state index contributed by atoms with van der Waals surface area (Å²) < 4.78 is 3.46. The standard InChI is InChI=1S/C24H28N4O3/c1-2-14-27-20-6-3-4-7-21(20)28(24(27)31)16-13-22(29)25-17-18-9-11-19(12-10-18)26-15-5-8-23(26)30/h3-4,6-7,9-12H,2,5,8,13-17H2,1H3,(H,25,29). The van der Waals surface area contributed by atoms with Crippen molar-refractivity contribution >= 4 is 28.5 Å². The first-order valence-electron chi connectivity index (χ1n) is 10.9. The summed E-state index contributed by atoms with van der Waals surface area (Å²) in [7, 11) is 0. The van der Waals surface area contributed by atoms with Gasteiger partial charge >= 0.3 is 5.69 Å². The third-order valence-corrected chi connectivity index (χ3v) is 5.75. The van der Waals surface area contributed by atoms with Gasteiger partial charge in [0.2, 0.25) is 11.8 Å². The highest BCUT2D eigenvalue weighted by atomic mass is 16.2. The first-order valence-corrected chi connectivity index (χ1v) is 10.9. The summed E-state index contributed by atoms with van der Waals surface area (Å²) >= 11 is 0. The molecule has 4 rings (SSSR count). The molecule has 0 unspecified atom stereocenters. The number of benzene rings is 2. The van der Waals surface area contributed by atoms with Crippen LogP contribution in [0.15, 0.2) is 53.3 Å². The Labute approximate surface area is 181 Å². The number of carbonyl (C=O) groups is 2. The zero-order chi connectivity index (χ0) is 21.8. The van der Waals surface area contributed by atoms with Crippen LogP contribution in [0.2, 0.25) is 0 Å². The summed E-state index contributed by atoms with van der Waals surface area (Å²) in [6, 6.07) is 15.4. The predicted octanol–water partition coefficient (Wildman–Crippen LogP) is 3.05. The van der Waals surface area contributed by atoms with Crippen molar-refractivity contribution in [3.8, 4) is 0 Å². The van der Waals surface area contributed by atoms with Gasteiger partial charge in [0.1, 0.15) is 0 Å². The fourth-order valence-corrected chi connectivity index (χ4v) is 4.15. The number of carbonyl (C=O) groups excluding carboxylic acids is 2. The number of rotatable bonds is 8. The van der Waals surface area contributed by atoms with Gasteiger partial charge in [-0.05, 0) is 42.7 Å². The van der Waals surface area contributed by atoms with Crippen LogP contribution in [0.25, 0.3) is 11.0 Å². The summed E-state index contributed by atoms with van der Waals surface area (Å²) in [6.45, 7) is 4.24. The molecule has 1 aliphatic heterocycles. The maximum absolute atomic E-state index is 12.8. The lowest BCUT2D eigenvalue weighted by molar-refractivity contribution is -0.121. The minimum absolute atomic E-state index is 0.0668. The molecule has 3 aromatic rings. The second-order valence-electron chi connectivity index (χ2n) is 7.92. The molecule has 0 saturated carbocycles. The van der Waals surface area contributed by atoms with E-state index in [0.29, 0.717) is 26.1 Å². The van der Waals surface area contributed by atoms with Crippen LogP contribution in [0.5, 0.6) is 0 Å². The van der Waals surface area contributed by atoms with E-state index in [1.807, 2.05) is 55.5 Å². The quantitative estimate of drug-likeness (QED) is 0.609. The molecule has 1 aromatic heterocycles. The van der Waals surface area contributed by atoms with Crippen molar-refractivity contribution < 1.29 is 9.59 Å². The fraction of sp³-hybridized carbons (Fsp3) is 0.375. The highest BCUT2D eigenvalue weighted by molar-refractivity contribution is 5.95. The second-order valence-corrected chi connectivity index (χ2v) is 7.92. The average Bonchev–Trinajstić information content (AvgIpc) is 3.33. The molecule has 0 spiro atoms. The lowest BCUT2D eigenvalue weighted by Gasteiger charge is -2.16. The zero-order valence-electron chi connectivity index (χ0n) is 17.8. The Kier molecular flexibility index (Phi) is 6.21. The first kappa shape index (κ1) is 20.9. The Morgan fingerprint density at radius 1 is 0.968 bits per heavy atom. The fourth-order valence-electron chi connectivity index (χ4n) is 4.15. The van der Waals surface area contributed by atoms with Crippen LogP contribution in [0.3, 0.4) is 0 Å². The van der Waals surface area contributed by atoms with E-state index in [4.69, 9.17) is 0 Å². The molecule has 0 bridgehead atoms. The van der Waals surface area contributed by atoms with Gasteiger partial charge in [0.05, 0.1) is 11.0 Å². The van der Waals surface area contributed by atoms with Gasteiger partial charge in [-0.25, -0.2) is 4.79 Å². The average molecular weight is 421 g/mol. The van der Waals surface area contributed by atoms with E-state index in [9.17, 15) is 14.4 Å². The van der Waals surface area contributed by atoms with Crippen LogP contribution < -0.4 is 15.9 Å². The normalized spacial score (nSPS) is 13.8. The molecule has 0 aliphatic carbocycles. The van der Waals surface area contributed by atoms with E-state index >= 15 is 0 Å². The molecule has 2 aromatic carbocycles. The number of hydrogen-bond donors (Lipinski definition) is 1. The van der Waals surface area contributed by atoms with Gasteiger partial charge < -0.3 is 10.2 Å². The minimum Gasteiger partial charge on any atom is -0.352 e. The molecule has 0 atom stereocenters. The molecule has 1 N–H and O–H groups in total. The minimum atomic E-state index is -0.0991. The van der Waals surface area contributed by atoms with E-state index in [2.05, 4.69) is 5.32 Å². The van der Waals surface area contributed by atoms with E-state index in [0.717, 1.165) is 41.7 Å². The predicted molar refractivity (Wildman–Crippen MR) is 121 cm³/mol. The first-order chi connectivity index (χ1) is 15.1. The van der Waals surface area contributed by atoms with Crippen molar-refractivity contribution in [1.29, 1.82) is 0 Å². The number of aromatic nitrogens is 2.